The third-order valence-corrected chi connectivity index (χ3v) is 9.27. The molecule has 1 saturated heterocycles. The van der Waals surface area contributed by atoms with E-state index in [1.54, 1.807) is 0 Å². The summed E-state index contributed by atoms with van der Waals surface area (Å²) < 4.78 is 31.0. The second-order valence-electron chi connectivity index (χ2n) is 13.2. The lowest BCUT2D eigenvalue weighted by atomic mass is 10.1. The summed E-state index contributed by atoms with van der Waals surface area (Å²) in [6.07, 6.45) is 2.29. The standard InChI is InChI=1S/C36H48N4O16P2/c41-28(24-26-10-14-29(15-11-26)55-57(48,49)50)6-5-22-39(23-21-38-32(43)25-27-12-16-30(17-13-27)56-58(51,52)53)33(44)8-4-7-31(42)37-20-3-1-2-9-36(47)54-40-34(45)18-19-35(40)46/h10-17H,1-9,18-25H2,(H,37,42)(H,38,43)(H2,48,49,50)(H2,51,52,53). The minimum Gasteiger partial charge on any atom is -0.404 e. The minimum absolute atomic E-state index is 0.00258. The molecular formula is C36H48N4O16P2. The van der Waals surface area contributed by atoms with Gasteiger partial charge in [-0.25, -0.2) is 13.9 Å². The maximum atomic E-state index is 13.2. The first-order chi connectivity index (χ1) is 27.4. The predicted molar refractivity (Wildman–Crippen MR) is 202 cm³/mol. The number of nitrogens with zero attached hydrogens (tertiary/aromatic N) is 2. The van der Waals surface area contributed by atoms with E-state index in [-0.39, 0.29) is 112 Å². The van der Waals surface area contributed by atoms with E-state index in [0.717, 1.165) is 0 Å². The van der Waals surface area contributed by atoms with Gasteiger partial charge in [-0.05, 0) is 61.1 Å². The van der Waals surface area contributed by atoms with Crippen molar-refractivity contribution in [2.45, 2.75) is 83.5 Å². The quantitative estimate of drug-likeness (QED) is 0.0449. The Hall–Kier alpha value is -4.97. The zero-order valence-corrected chi connectivity index (χ0v) is 33.4. The molecule has 0 radical (unpaired) electrons. The van der Waals surface area contributed by atoms with Crippen LogP contribution in [0.15, 0.2) is 48.5 Å². The molecule has 2 aromatic rings. The Morgan fingerprint density at radius 2 is 1.17 bits per heavy atom. The first kappa shape index (κ1) is 47.4. The highest BCUT2D eigenvalue weighted by Crippen LogP contribution is 2.38. The van der Waals surface area contributed by atoms with Gasteiger partial charge in [0.15, 0.2) is 0 Å². The number of benzene rings is 2. The van der Waals surface area contributed by atoms with Crippen LogP contribution in [0, 0.1) is 0 Å². The number of unbranched alkanes of at least 4 members (excludes halogenated alkanes) is 2. The molecule has 1 heterocycles. The Balaban J connectivity index is 1.41. The number of carbonyl (C=O) groups is 7. The fraction of sp³-hybridized carbons (Fsp3) is 0.472. The van der Waals surface area contributed by atoms with Crippen molar-refractivity contribution >= 4 is 56.9 Å². The normalized spacial score (nSPS) is 12.9. The molecule has 5 amide bonds. The van der Waals surface area contributed by atoms with Gasteiger partial charge in [0, 0.05) is 71.1 Å². The van der Waals surface area contributed by atoms with Crippen LogP contribution in [0.1, 0.15) is 81.8 Å². The minimum atomic E-state index is -4.73. The average molecular weight is 855 g/mol. The summed E-state index contributed by atoms with van der Waals surface area (Å²) in [5.41, 5.74) is 1.13. The molecule has 22 heteroatoms. The Labute approximate surface area is 334 Å². The summed E-state index contributed by atoms with van der Waals surface area (Å²) >= 11 is 0. The largest absolute Gasteiger partial charge is 0.524 e. The summed E-state index contributed by atoms with van der Waals surface area (Å²) in [6, 6.07) is 11.3. The number of imide groups is 1. The van der Waals surface area contributed by atoms with Crippen molar-refractivity contribution in [3.8, 4) is 11.5 Å². The molecule has 0 aliphatic carbocycles. The van der Waals surface area contributed by atoms with E-state index in [4.69, 9.17) is 24.4 Å². The van der Waals surface area contributed by atoms with Crippen LogP contribution in [0.3, 0.4) is 0 Å². The van der Waals surface area contributed by atoms with Crippen molar-refractivity contribution in [1.82, 2.24) is 20.6 Å². The third-order valence-electron chi connectivity index (χ3n) is 8.37. The third kappa shape index (κ3) is 19.5. The van der Waals surface area contributed by atoms with Crippen LogP contribution in [0.5, 0.6) is 11.5 Å². The van der Waals surface area contributed by atoms with Crippen molar-refractivity contribution < 1.29 is 76.2 Å². The number of hydroxylamine groups is 2. The van der Waals surface area contributed by atoms with Gasteiger partial charge in [-0.1, -0.05) is 30.7 Å². The molecule has 318 valence electrons. The molecule has 1 aliphatic rings. The number of hydrogen-bond acceptors (Lipinski definition) is 12. The second-order valence-corrected chi connectivity index (χ2v) is 15.6. The van der Waals surface area contributed by atoms with E-state index < -0.39 is 33.4 Å². The zero-order chi connectivity index (χ0) is 42.7. The molecular weight excluding hydrogens is 806 g/mol. The van der Waals surface area contributed by atoms with Crippen molar-refractivity contribution in [1.29, 1.82) is 0 Å². The van der Waals surface area contributed by atoms with E-state index in [0.29, 0.717) is 48.4 Å². The van der Waals surface area contributed by atoms with Crippen LogP contribution >= 0.6 is 15.6 Å². The van der Waals surface area contributed by atoms with Crippen LogP contribution in [-0.4, -0.2) is 97.0 Å². The van der Waals surface area contributed by atoms with Crippen LogP contribution in [0.4, 0.5) is 0 Å². The van der Waals surface area contributed by atoms with Crippen LogP contribution in [0.25, 0.3) is 0 Å². The number of carbonyl (C=O) groups excluding carboxylic acids is 7. The van der Waals surface area contributed by atoms with Gasteiger partial charge in [-0.2, -0.15) is 0 Å². The number of rotatable bonds is 26. The molecule has 0 spiro atoms. The number of amides is 5. The van der Waals surface area contributed by atoms with E-state index in [9.17, 15) is 42.7 Å². The van der Waals surface area contributed by atoms with Gasteiger partial charge in [0.25, 0.3) is 11.8 Å². The van der Waals surface area contributed by atoms with Gasteiger partial charge in [0.2, 0.25) is 17.7 Å². The highest BCUT2D eigenvalue weighted by atomic mass is 31.2. The van der Waals surface area contributed by atoms with Crippen LogP contribution in [0.2, 0.25) is 0 Å². The first-order valence-corrected chi connectivity index (χ1v) is 21.5. The first-order valence-electron chi connectivity index (χ1n) is 18.4. The van der Waals surface area contributed by atoms with Gasteiger partial charge in [-0.15, -0.1) is 5.06 Å². The highest BCUT2D eigenvalue weighted by molar-refractivity contribution is 7.47. The Kier molecular flexibility index (Phi) is 19.2. The molecule has 3 rings (SSSR count). The molecule has 2 aromatic carbocycles. The van der Waals surface area contributed by atoms with Crippen LogP contribution in [-0.2, 0) is 60.4 Å². The fourth-order valence-corrected chi connectivity index (χ4v) is 6.38. The number of Topliss-reactive ketones (excluding diaryl/α,β-unsaturated/α-hetero) is 1. The van der Waals surface area contributed by atoms with Gasteiger partial charge >= 0.3 is 21.6 Å². The van der Waals surface area contributed by atoms with Gasteiger partial charge in [0.1, 0.15) is 17.3 Å². The number of phosphoric ester groups is 2. The number of phosphoric acid groups is 2. The Bertz CT molecular complexity index is 1740. The maximum absolute atomic E-state index is 13.2. The fourth-order valence-electron chi connectivity index (χ4n) is 5.58. The summed E-state index contributed by atoms with van der Waals surface area (Å²) in [5.74, 6) is -3.01. The molecule has 58 heavy (non-hydrogen) atoms. The molecule has 1 aliphatic heterocycles. The maximum Gasteiger partial charge on any atom is 0.524 e. The number of hydrogen-bond donors (Lipinski definition) is 6. The average Bonchev–Trinajstić information content (AvgIpc) is 3.44. The number of ketones is 1. The Morgan fingerprint density at radius 3 is 1.74 bits per heavy atom. The van der Waals surface area contributed by atoms with E-state index in [1.807, 2.05) is 0 Å². The molecule has 0 unspecified atom stereocenters. The van der Waals surface area contributed by atoms with Crippen molar-refractivity contribution in [3.05, 3.63) is 59.7 Å². The lowest BCUT2D eigenvalue weighted by Crippen LogP contribution is -2.39. The van der Waals surface area contributed by atoms with Gasteiger partial charge in [-0.3, -0.25) is 48.3 Å². The van der Waals surface area contributed by atoms with Crippen molar-refractivity contribution in [3.63, 3.8) is 0 Å². The molecule has 0 atom stereocenters. The lowest BCUT2D eigenvalue weighted by Gasteiger charge is -2.23. The second kappa shape index (κ2) is 23.4. The molecule has 0 bridgehead atoms. The van der Waals surface area contributed by atoms with Crippen LogP contribution < -0.4 is 19.7 Å². The zero-order valence-electron chi connectivity index (χ0n) is 31.6. The molecule has 20 nitrogen and oxygen atoms in total. The summed E-state index contributed by atoms with van der Waals surface area (Å²) in [7, 11) is -9.46. The summed E-state index contributed by atoms with van der Waals surface area (Å²) in [6.45, 7) is 0.704. The molecule has 6 N–H and O–H groups in total. The summed E-state index contributed by atoms with van der Waals surface area (Å²) in [5, 5.41) is 5.98. The van der Waals surface area contributed by atoms with E-state index >= 15 is 0 Å². The Morgan fingerprint density at radius 1 is 0.621 bits per heavy atom. The summed E-state index contributed by atoms with van der Waals surface area (Å²) in [4.78, 5) is 128. The molecule has 0 saturated carbocycles. The topological polar surface area (TPSA) is 293 Å². The smallest absolute Gasteiger partial charge is 0.404 e. The monoisotopic (exact) mass is 854 g/mol. The van der Waals surface area contributed by atoms with E-state index in [1.165, 1.54) is 53.4 Å². The molecule has 1 fully saturated rings. The number of nitrogens with one attached hydrogen (secondary N) is 2. The van der Waals surface area contributed by atoms with Crippen molar-refractivity contribution in [2.24, 2.45) is 0 Å². The van der Waals surface area contributed by atoms with Gasteiger partial charge in [0.05, 0.1) is 6.42 Å². The predicted octanol–water partition coefficient (Wildman–Crippen LogP) is 2.16. The molecule has 0 aromatic heterocycles. The van der Waals surface area contributed by atoms with Crippen molar-refractivity contribution in [2.75, 3.05) is 26.2 Å². The lowest BCUT2D eigenvalue weighted by molar-refractivity contribution is -0.197. The highest BCUT2D eigenvalue weighted by Gasteiger charge is 2.32. The SMILES string of the molecule is O=C(CCCN(CCNC(=O)Cc1ccc(OP(=O)(O)O)cc1)C(=O)CCCC(=O)NCCCCCC(=O)ON1C(=O)CCC1=O)Cc1ccc(OP(=O)(O)O)cc1. The van der Waals surface area contributed by atoms with Gasteiger partial charge < -0.3 is 29.4 Å². The van der Waals surface area contributed by atoms with E-state index in [2.05, 4.69) is 19.7 Å².